The van der Waals surface area contributed by atoms with Gasteiger partial charge in [-0.1, -0.05) is 115 Å². The van der Waals surface area contributed by atoms with Gasteiger partial charge in [0.25, 0.3) is 0 Å². The van der Waals surface area contributed by atoms with Crippen molar-refractivity contribution in [3.8, 4) is 16.9 Å². The zero-order valence-electron chi connectivity index (χ0n) is 20.5. The Bertz CT molecular complexity index is 1560. The molecule has 4 heteroatoms. The van der Waals surface area contributed by atoms with Crippen molar-refractivity contribution in [2.24, 2.45) is 0 Å². The summed E-state index contributed by atoms with van der Waals surface area (Å²) in [6, 6.07) is 45.3. The summed E-state index contributed by atoms with van der Waals surface area (Å²) in [6.45, 7) is 0. The normalized spacial score (nSPS) is 11.5. The number of anilines is 1. The number of fused-ring (bicyclic) bond motifs is 1. The van der Waals surface area contributed by atoms with E-state index < -0.39 is 5.54 Å². The van der Waals surface area contributed by atoms with Crippen LogP contribution in [0, 0.1) is 0 Å². The molecule has 0 aliphatic rings. The van der Waals surface area contributed by atoms with Gasteiger partial charge in [-0.25, -0.2) is 4.68 Å². The van der Waals surface area contributed by atoms with Gasteiger partial charge in [0.2, 0.25) is 0 Å². The highest BCUT2D eigenvalue weighted by Crippen LogP contribution is 2.44. The molecule has 0 spiro atoms. The van der Waals surface area contributed by atoms with E-state index in [0.29, 0.717) is 0 Å². The van der Waals surface area contributed by atoms with Crippen LogP contribution in [0.3, 0.4) is 0 Å². The van der Waals surface area contributed by atoms with E-state index >= 15 is 0 Å². The minimum atomic E-state index is -0.715. The molecule has 0 aliphatic carbocycles. The summed E-state index contributed by atoms with van der Waals surface area (Å²) in [4.78, 5) is 0. The maximum absolute atomic E-state index is 10.5. The summed E-state index contributed by atoms with van der Waals surface area (Å²) < 4.78 is 2.14. The average molecular weight is 482 g/mol. The Morgan fingerprint density at radius 2 is 1.16 bits per heavy atom. The summed E-state index contributed by atoms with van der Waals surface area (Å²) in [7, 11) is 1.90. The van der Waals surface area contributed by atoms with Crippen LogP contribution in [0.1, 0.15) is 16.7 Å². The van der Waals surface area contributed by atoms with Gasteiger partial charge in [-0.05, 0) is 40.5 Å². The molecule has 4 nitrogen and oxygen atoms in total. The van der Waals surface area contributed by atoms with E-state index in [-0.39, 0.29) is 5.75 Å². The molecular weight excluding hydrogens is 454 g/mol. The molecule has 37 heavy (non-hydrogen) atoms. The van der Waals surface area contributed by atoms with Crippen molar-refractivity contribution in [2.75, 3.05) is 12.4 Å². The Morgan fingerprint density at radius 1 is 0.649 bits per heavy atom. The molecule has 0 bridgehead atoms. The number of phenols is 1. The summed E-state index contributed by atoms with van der Waals surface area (Å²) in [5.41, 5.74) is 5.34. The summed E-state index contributed by atoms with van der Waals surface area (Å²) in [6.07, 6.45) is 0. The molecule has 0 aliphatic heterocycles. The lowest BCUT2D eigenvalue weighted by molar-refractivity contribution is 0.477. The third kappa shape index (κ3) is 3.66. The van der Waals surface area contributed by atoms with E-state index in [1.54, 1.807) is 6.07 Å². The first kappa shape index (κ1) is 22.6. The van der Waals surface area contributed by atoms with E-state index in [1.807, 2.05) is 43.4 Å². The fourth-order valence-corrected chi connectivity index (χ4v) is 5.35. The molecule has 0 saturated carbocycles. The number of nitrogens with zero attached hydrogens (tertiary/aromatic N) is 2. The Kier molecular flexibility index (Phi) is 5.70. The van der Waals surface area contributed by atoms with Crippen LogP contribution in [0.4, 0.5) is 5.82 Å². The van der Waals surface area contributed by atoms with Crippen LogP contribution in [0.15, 0.2) is 133 Å². The van der Waals surface area contributed by atoms with Crippen LogP contribution < -0.4 is 5.32 Å². The zero-order chi connectivity index (χ0) is 25.2. The first-order valence-electron chi connectivity index (χ1n) is 12.4. The zero-order valence-corrected chi connectivity index (χ0v) is 20.5. The third-order valence-electron chi connectivity index (χ3n) is 7.02. The van der Waals surface area contributed by atoms with Crippen molar-refractivity contribution in [2.45, 2.75) is 5.54 Å². The predicted molar refractivity (Wildman–Crippen MR) is 151 cm³/mol. The summed E-state index contributed by atoms with van der Waals surface area (Å²) in [5.74, 6) is 1.03. The molecule has 0 radical (unpaired) electrons. The van der Waals surface area contributed by atoms with Gasteiger partial charge in [-0.2, -0.15) is 5.10 Å². The van der Waals surface area contributed by atoms with Gasteiger partial charge in [0.1, 0.15) is 11.3 Å². The molecule has 0 amide bonds. The van der Waals surface area contributed by atoms with Crippen molar-refractivity contribution in [3.05, 3.63) is 150 Å². The molecule has 1 aromatic heterocycles. The van der Waals surface area contributed by atoms with Crippen molar-refractivity contribution in [1.29, 1.82) is 0 Å². The van der Waals surface area contributed by atoms with Gasteiger partial charge in [0, 0.05) is 18.0 Å². The Hall–Kier alpha value is -4.83. The second-order valence-corrected chi connectivity index (χ2v) is 9.07. The second kappa shape index (κ2) is 9.32. The molecule has 2 N–H and O–H groups in total. The van der Waals surface area contributed by atoms with Crippen molar-refractivity contribution >= 4 is 16.7 Å². The fraction of sp³-hybridized carbons (Fsp3) is 0.0606. The number of benzene rings is 5. The van der Waals surface area contributed by atoms with Crippen molar-refractivity contribution < 1.29 is 5.11 Å². The molecule has 6 rings (SSSR count). The topological polar surface area (TPSA) is 50.1 Å². The van der Waals surface area contributed by atoms with Crippen LogP contribution in [-0.2, 0) is 5.54 Å². The van der Waals surface area contributed by atoms with E-state index in [9.17, 15) is 5.11 Å². The standard InChI is InChI=1S/C33H27N3O/c1-34-32-29-23-24(28-19-11-12-20-31(28)37)21-22-30(29)36(35-32)33(25-13-5-2-6-14-25,26-15-7-3-8-16-26)27-17-9-4-10-18-27/h2-23,37H,1H3,(H,34,35). The highest BCUT2D eigenvalue weighted by Gasteiger charge is 2.40. The fourth-order valence-electron chi connectivity index (χ4n) is 5.35. The molecule has 6 aromatic rings. The first-order chi connectivity index (χ1) is 18.2. The third-order valence-corrected chi connectivity index (χ3v) is 7.02. The quantitative estimate of drug-likeness (QED) is 0.246. The minimum Gasteiger partial charge on any atom is -0.507 e. The number of nitrogens with one attached hydrogen (secondary N) is 1. The monoisotopic (exact) mass is 481 g/mol. The molecular formula is C33H27N3O. The van der Waals surface area contributed by atoms with Crippen LogP contribution in [0.2, 0.25) is 0 Å². The smallest absolute Gasteiger partial charge is 0.155 e. The number of hydrogen-bond acceptors (Lipinski definition) is 3. The molecule has 1 heterocycles. The van der Waals surface area contributed by atoms with Crippen LogP contribution in [-0.4, -0.2) is 21.9 Å². The van der Waals surface area contributed by atoms with Gasteiger partial charge in [0.05, 0.1) is 5.52 Å². The highest BCUT2D eigenvalue weighted by atomic mass is 16.3. The van der Waals surface area contributed by atoms with Crippen molar-refractivity contribution in [1.82, 2.24) is 9.78 Å². The highest BCUT2D eigenvalue weighted by molar-refractivity contribution is 5.95. The van der Waals surface area contributed by atoms with Gasteiger partial charge in [-0.15, -0.1) is 0 Å². The lowest BCUT2D eigenvalue weighted by atomic mass is 9.77. The Labute approximate surface area is 216 Å². The van der Waals surface area contributed by atoms with E-state index in [0.717, 1.165) is 44.5 Å². The van der Waals surface area contributed by atoms with E-state index in [4.69, 9.17) is 5.10 Å². The first-order valence-corrected chi connectivity index (χ1v) is 12.4. The lowest BCUT2D eigenvalue weighted by Crippen LogP contribution is -2.38. The van der Waals surface area contributed by atoms with Gasteiger partial charge in [-0.3, -0.25) is 0 Å². The van der Waals surface area contributed by atoms with E-state index in [2.05, 4.69) is 101 Å². The number of aromatic nitrogens is 2. The number of aromatic hydroxyl groups is 1. The Balaban J connectivity index is 1.72. The maximum atomic E-state index is 10.5. The predicted octanol–water partition coefficient (Wildman–Crippen LogP) is 7.29. The molecule has 5 aromatic carbocycles. The van der Waals surface area contributed by atoms with Crippen LogP contribution in [0.25, 0.3) is 22.0 Å². The number of rotatable bonds is 6. The van der Waals surface area contributed by atoms with Gasteiger partial charge < -0.3 is 10.4 Å². The Morgan fingerprint density at radius 3 is 1.68 bits per heavy atom. The van der Waals surface area contributed by atoms with Crippen LogP contribution >= 0.6 is 0 Å². The molecule has 0 atom stereocenters. The summed E-state index contributed by atoms with van der Waals surface area (Å²) >= 11 is 0. The van der Waals surface area contributed by atoms with Crippen molar-refractivity contribution in [3.63, 3.8) is 0 Å². The molecule has 180 valence electrons. The average Bonchev–Trinajstić information content (AvgIpc) is 3.34. The summed E-state index contributed by atoms with van der Waals surface area (Å²) in [5, 5.41) is 20.0. The number of hydrogen-bond donors (Lipinski definition) is 2. The van der Waals surface area contributed by atoms with Gasteiger partial charge >= 0.3 is 0 Å². The number of phenolic OH excluding ortho intramolecular Hbond substituents is 1. The molecule has 0 fully saturated rings. The van der Waals surface area contributed by atoms with E-state index in [1.165, 1.54) is 0 Å². The SMILES string of the molecule is CNc1nn(C(c2ccccc2)(c2ccccc2)c2ccccc2)c2ccc(-c3ccccc3O)cc12. The maximum Gasteiger partial charge on any atom is 0.155 e. The van der Waals surface area contributed by atoms with Crippen LogP contribution in [0.5, 0.6) is 5.75 Å². The number of para-hydroxylation sites is 1. The molecule has 0 unspecified atom stereocenters. The van der Waals surface area contributed by atoms with Gasteiger partial charge in [0.15, 0.2) is 5.82 Å². The molecule has 0 saturated heterocycles. The second-order valence-electron chi connectivity index (χ2n) is 9.07. The minimum absolute atomic E-state index is 0.257. The largest absolute Gasteiger partial charge is 0.507 e. The lowest BCUT2D eigenvalue weighted by Gasteiger charge is -2.37.